The van der Waals surface area contributed by atoms with Gasteiger partial charge in [0, 0.05) is 45.4 Å². The molecule has 0 radical (unpaired) electrons. The van der Waals surface area contributed by atoms with E-state index in [1.165, 1.54) is 0 Å². The first kappa shape index (κ1) is 33.3. The van der Waals surface area contributed by atoms with E-state index in [4.69, 9.17) is 10.5 Å². The Morgan fingerprint density at radius 1 is 0.698 bits per heavy atom. The number of rotatable bonds is 7. The molecule has 12 nitrogen and oxygen atoms in total. The SMILES string of the molecule is N#Cc1cc(F)c(CC[N+](=O)[O-])c(F)c1.N#Cc1cc(F)cc(F)c1.O=[N+]([O-])CCc1c(F)cc(-c2nn[nH]n2)cc1F. The molecule has 0 unspecified atom stereocenters. The minimum absolute atomic E-state index is 0.00231. The Labute approximate surface area is 237 Å². The van der Waals surface area contributed by atoms with Crippen molar-refractivity contribution in [2.24, 2.45) is 0 Å². The highest BCUT2D eigenvalue weighted by atomic mass is 19.2. The first-order valence-corrected chi connectivity index (χ1v) is 11.5. The van der Waals surface area contributed by atoms with Crippen molar-refractivity contribution in [1.82, 2.24) is 20.6 Å². The number of nitro groups is 2. The first-order valence-electron chi connectivity index (χ1n) is 11.5. The minimum atomic E-state index is -0.923. The second kappa shape index (κ2) is 15.8. The van der Waals surface area contributed by atoms with Gasteiger partial charge >= 0.3 is 0 Å². The molecule has 43 heavy (non-hydrogen) atoms. The van der Waals surface area contributed by atoms with Gasteiger partial charge in [-0.2, -0.15) is 15.7 Å². The Kier molecular flexibility index (Phi) is 12.2. The van der Waals surface area contributed by atoms with E-state index in [9.17, 15) is 46.6 Å². The Bertz CT molecular complexity index is 1620. The fraction of sp³-hybridized carbons (Fsp3) is 0.160. The van der Waals surface area contributed by atoms with E-state index in [1.54, 1.807) is 12.1 Å². The molecule has 1 N–H and O–H groups in total. The maximum absolute atomic E-state index is 13.6. The number of aromatic nitrogens is 4. The van der Waals surface area contributed by atoms with Gasteiger partial charge in [0.05, 0.1) is 23.3 Å². The molecule has 18 heteroatoms. The number of hydrogen-bond donors (Lipinski definition) is 1. The molecule has 0 atom stereocenters. The summed E-state index contributed by atoms with van der Waals surface area (Å²) in [5.41, 5.74) is -0.708. The molecule has 0 bridgehead atoms. The molecule has 4 aromatic rings. The van der Waals surface area contributed by atoms with Crippen LogP contribution in [0.15, 0.2) is 42.5 Å². The van der Waals surface area contributed by atoms with Crippen molar-refractivity contribution < 1.29 is 36.2 Å². The van der Waals surface area contributed by atoms with Crippen LogP contribution in [0, 0.1) is 77.8 Å². The van der Waals surface area contributed by atoms with Gasteiger partial charge in [-0.25, -0.2) is 26.3 Å². The van der Waals surface area contributed by atoms with Crippen molar-refractivity contribution in [3.05, 3.63) is 120 Å². The molecule has 3 aromatic carbocycles. The molecule has 4 rings (SSSR count). The van der Waals surface area contributed by atoms with Crippen LogP contribution in [0.1, 0.15) is 22.3 Å². The molecule has 0 aliphatic rings. The van der Waals surface area contributed by atoms with Gasteiger partial charge in [0.25, 0.3) is 0 Å². The Morgan fingerprint density at radius 2 is 1.12 bits per heavy atom. The summed E-state index contributed by atoms with van der Waals surface area (Å²) in [4.78, 5) is 18.9. The quantitative estimate of drug-likeness (QED) is 0.180. The second-order valence-electron chi connectivity index (χ2n) is 8.07. The standard InChI is InChI=1S/C9H7F2N5O2.C9H6F2N2O2.C7H3F2N/c10-7-3-5(9-12-14-15-13-9)4-8(11)6(7)1-2-16(17)18;10-8-3-6(5-12)4-9(11)7(8)1-2-13(14)15;8-6-1-5(4-10)2-7(9)3-6/h3-4H,1-2H2,(H,12,13,14,15);3-4H,1-2H2;1-3H. The number of halogens is 6. The van der Waals surface area contributed by atoms with Crippen LogP contribution >= 0.6 is 0 Å². The van der Waals surface area contributed by atoms with Gasteiger partial charge in [-0.1, -0.05) is 0 Å². The number of nitrogens with zero attached hydrogens (tertiary/aromatic N) is 7. The first-order chi connectivity index (χ1) is 20.3. The molecule has 222 valence electrons. The van der Waals surface area contributed by atoms with E-state index in [1.807, 2.05) is 0 Å². The van der Waals surface area contributed by atoms with E-state index >= 15 is 0 Å². The summed E-state index contributed by atoms with van der Waals surface area (Å²) in [6.07, 6.45) is -0.631. The molecule has 0 saturated carbocycles. The largest absolute Gasteiger partial charge is 0.265 e. The van der Waals surface area contributed by atoms with Crippen LogP contribution in [0.2, 0.25) is 0 Å². The second-order valence-corrected chi connectivity index (χ2v) is 8.07. The number of H-pyrrole nitrogens is 1. The molecule has 1 heterocycles. The van der Waals surface area contributed by atoms with E-state index in [2.05, 4.69) is 20.6 Å². The Balaban J connectivity index is 0.000000234. The van der Waals surface area contributed by atoms with Gasteiger partial charge in [0.15, 0.2) is 0 Å². The van der Waals surface area contributed by atoms with Crippen LogP contribution in [0.3, 0.4) is 0 Å². The van der Waals surface area contributed by atoms with Crippen molar-refractivity contribution >= 4 is 0 Å². The van der Waals surface area contributed by atoms with E-state index in [0.29, 0.717) is 0 Å². The summed E-state index contributed by atoms with van der Waals surface area (Å²) in [5.74, 6) is -4.98. The number of hydrogen-bond acceptors (Lipinski definition) is 9. The van der Waals surface area contributed by atoms with Crippen molar-refractivity contribution in [3.8, 4) is 23.5 Å². The Morgan fingerprint density at radius 3 is 1.49 bits per heavy atom. The van der Waals surface area contributed by atoms with Crippen LogP contribution < -0.4 is 0 Å². The van der Waals surface area contributed by atoms with Crippen molar-refractivity contribution in [1.29, 1.82) is 10.5 Å². The van der Waals surface area contributed by atoms with E-state index < -0.39 is 57.8 Å². The highest BCUT2D eigenvalue weighted by Gasteiger charge is 2.16. The molecule has 0 aliphatic carbocycles. The normalized spacial score (nSPS) is 9.86. The fourth-order valence-electron chi connectivity index (χ4n) is 3.19. The van der Waals surface area contributed by atoms with Crippen LogP contribution in [-0.4, -0.2) is 43.6 Å². The third-order valence-corrected chi connectivity index (χ3v) is 5.10. The van der Waals surface area contributed by atoms with Gasteiger partial charge in [0.2, 0.25) is 18.9 Å². The predicted molar refractivity (Wildman–Crippen MR) is 133 cm³/mol. The summed E-state index contributed by atoms with van der Waals surface area (Å²) in [7, 11) is 0. The molecule has 0 aliphatic heterocycles. The number of nitrogens with one attached hydrogen (secondary N) is 1. The fourth-order valence-corrected chi connectivity index (χ4v) is 3.19. The van der Waals surface area contributed by atoms with Gasteiger partial charge in [-0.15, -0.1) is 10.2 Å². The predicted octanol–water partition coefficient (Wildman–Crippen LogP) is 4.46. The average Bonchev–Trinajstić information content (AvgIpc) is 3.47. The van der Waals surface area contributed by atoms with Gasteiger partial charge in [-0.3, -0.25) is 20.2 Å². The lowest BCUT2D eigenvalue weighted by Gasteiger charge is -2.04. The zero-order valence-corrected chi connectivity index (χ0v) is 21.4. The number of benzene rings is 3. The topological polar surface area (TPSA) is 188 Å². The number of nitriles is 2. The average molecular weight is 606 g/mol. The van der Waals surface area contributed by atoms with E-state index in [0.717, 1.165) is 42.5 Å². The van der Waals surface area contributed by atoms with Crippen LogP contribution in [0.4, 0.5) is 26.3 Å². The minimum Gasteiger partial charge on any atom is -0.265 e. The Hall–Kier alpha value is -5.91. The third kappa shape index (κ3) is 10.5. The summed E-state index contributed by atoms with van der Waals surface area (Å²) < 4.78 is 77.9. The van der Waals surface area contributed by atoms with Gasteiger partial charge in [0.1, 0.15) is 34.9 Å². The summed E-state index contributed by atoms with van der Waals surface area (Å²) in [5, 5.41) is 49.4. The smallest absolute Gasteiger partial charge is 0.208 e. The van der Waals surface area contributed by atoms with Crippen LogP contribution in [0.25, 0.3) is 11.4 Å². The lowest BCUT2D eigenvalue weighted by molar-refractivity contribution is -0.479. The highest BCUT2D eigenvalue weighted by Crippen LogP contribution is 2.21. The summed E-state index contributed by atoms with van der Waals surface area (Å²) in [6, 6.07) is 9.64. The molecule has 1 aromatic heterocycles. The number of aromatic amines is 1. The summed E-state index contributed by atoms with van der Waals surface area (Å²) >= 11 is 0. The van der Waals surface area contributed by atoms with Crippen molar-refractivity contribution in [3.63, 3.8) is 0 Å². The molecular formula is C25H16F6N8O4. The summed E-state index contributed by atoms with van der Waals surface area (Å²) in [6.45, 7) is -1.07. The third-order valence-electron chi connectivity index (χ3n) is 5.10. The van der Waals surface area contributed by atoms with Crippen LogP contribution in [-0.2, 0) is 12.8 Å². The van der Waals surface area contributed by atoms with E-state index in [-0.39, 0.29) is 46.5 Å². The van der Waals surface area contributed by atoms with Crippen molar-refractivity contribution in [2.45, 2.75) is 12.8 Å². The van der Waals surface area contributed by atoms with Gasteiger partial charge in [-0.05, 0) is 41.6 Å². The molecule has 0 spiro atoms. The molecule has 0 saturated heterocycles. The van der Waals surface area contributed by atoms with Crippen molar-refractivity contribution in [2.75, 3.05) is 13.1 Å². The molecular weight excluding hydrogens is 590 g/mol. The monoisotopic (exact) mass is 606 g/mol. The highest BCUT2D eigenvalue weighted by molar-refractivity contribution is 5.55. The maximum Gasteiger partial charge on any atom is 0.208 e. The maximum atomic E-state index is 13.6. The lowest BCUT2D eigenvalue weighted by Crippen LogP contribution is -2.07. The van der Waals surface area contributed by atoms with Crippen LogP contribution in [0.5, 0.6) is 0 Å². The van der Waals surface area contributed by atoms with Gasteiger partial charge < -0.3 is 0 Å². The molecule has 0 amide bonds. The molecule has 0 fully saturated rings. The number of tetrazole rings is 1. The zero-order chi connectivity index (χ0) is 32.1. The zero-order valence-electron chi connectivity index (χ0n) is 21.4. The lowest BCUT2D eigenvalue weighted by atomic mass is 10.1.